The molecule has 0 bridgehead atoms. The largest absolute Gasteiger partial charge is 0.0885 e. The van der Waals surface area contributed by atoms with Gasteiger partial charge in [-0.05, 0) is 85.1 Å². The van der Waals surface area contributed by atoms with Crippen LogP contribution in [0.5, 0.6) is 0 Å². The molecule has 0 aliphatic heterocycles. The van der Waals surface area contributed by atoms with Crippen LogP contribution < -0.4 is 0 Å². The summed E-state index contributed by atoms with van der Waals surface area (Å²) in [6.45, 7) is 6.29. The van der Waals surface area contributed by atoms with E-state index in [0.29, 0.717) is 0 Å². The molecule has 0 saturated carbocycles. The molecule has 0 nitrogen and oxygen atoms in total. The van der Waals surface area contributed by atoms with Gasteiger partial charge in [-0.1, -0.05) is 97.9 Å². The van der Waals surface area contributed by atoms with Crippen molar-refractivity contribution in [1.82, 2.24) is 0 Å². The quantitative estimate of drug-likeness (QED) is 0.174. The van der Waals surface area contributed by atoms with Crippen molar-refractivity contribution in [3.05, 3.63) is 120 Å². The zero-order valence-electron chi connectivity index (χ0n) is 20.5. The monoisotopic (exact) mass is 437 g/mol. The lowest BCUT2D eigenvalue weighted by molar-refractivity contribution is 0.493. The summed E-state index contributed by atoms with van der Waals surface area (Å²) in [6.07, 6.45) is 16.2. The maximum atomic E-state index is 3.90. The Balaban J connectivity index is 1.33. The third-order valence-corrected chi connectivity index (χ3v) is 6.53. The second-order valence-corrected chi connectivity index (χ2v) is 9.48. The summed E-state index contributed by atoms with van der Waals surface area (Å²) in [4.78, 5) is 0. The van der Waals surface area contributed by atoms with E-state index in [4.69, 9.17) is 0 Å². The van der Waals surface area contributed by atoms with Gasteiger partial charge >= 0.3 is 0 Å². The van der Waals surface area contributed by atoms with Crippen LogP contribution in [-0.4, -0.2) is 0 Å². The minimum absolute atomic E-state index is 0.766. The van der Waals surface area contributed by atoms with Gasteiger partial charge in [0, 0.05) is 6.42 Å². The number of benzene rings is 3. The first-order valence-electron chi connectivity index (χ1n) is 12.9. The average Bonchev–Trinajstić information content (AvgIpc) is 2.86. The summed E-state index contributed by atoms with van der Waals surface area (Å²) in [5.41, 5.74) is 7.17. The lowest BCUT2D eigenvalue weighted by atomic mass is 9.94. The fraction of sp³-hybridized carbons (Fsp3) is 0.364. The normalized spacial score (nSPS) is 12.3. The van der Waals surface area contributed by atoms with Gasteiger partial charge < -0.3 is 0 Å². The highest BCUT2D eigenvalue weighted by molar-refractivity contribution is 5.50. The van der Waals surface area contributed by atoms with Crippen LogP contribution in [0.3, 0.4) is 0 Å². The van der Waals surface area contributed by atoms with Crippen molar-refractivity contribution in [3.8, 4) is 0 Å². The van der Waals surface area contributed by atoms with Gasteiger partial charge in [0.25, 0.3) is 0 Å². The fourth-order valence-corrected chi connectivity index (χ4v) is 4.34. The van der Waals surface area contributed by atoms with Gasteiger partial charge in [0.15, 0.2) is 0 Å². The number of hydrogen-bond acceptors (Lipinski definition) is 0. The maximum absolute atomic E-state index is 3.90. The highest BCUT2D eigenvalue weighted by Gasteiger charge is 2.04. The molecule has 0 fully saturated rings. The van der Waals surface area contributed by atoms with Crippen molar-refractivity contribution < 1.29 is 0 Å². The first kappa shape index (κ1) is 24.9. The van der Waals surface area contributed by atoms with Crippen LogP contribution in [0.2, 0.25) is 0 Å². The zero-order chi connectivity index (χ0) is 23.1. The molecular weight excluding hydrogens is 396 g/mol. The molecule has 172 valence electrons. The van der Waals surface area contributed by atoms with Gasteiger partial charge in [-0.3, -0.25) is 0 Å². The van der Waals surface area contributed by atoms with Crippen LogP contribution in [0.4, 0.5) is 0 Å². The molecule has 3 aromatic rings. The van der Waals surface area contributed by atoms with E-state index in [9.17, 15) is 0 Å². The summed E-state index contributed by atoms with van der Waals surface area (Å²) in [5.74, 6) is 0.766. The molecule has 0 aliphatic carbocycles. The fourth-order valence-electron chi connectivity index (χ4n) is 4.34. The van der Waals surface area contributed by atoms with Crippen LogP contribution in [-0.2, 0) is 25.7 Å². The summed E-state index contributed by atoms with van der Waals surface area (Å²) in [5, 5.41) is 0. The topological polar surface area (TPSA) is 0 Å². The molecule has 1 unspecified atom stereocenters. The van der Waals surface area contributed by atoms with Crippen molar-refractivity contribution in [2.45, 2.75) is 71.1 Å². The van der Waals surface area contributed by atoms with Gasteiger partial charge in [-0.15, -0.1) is 0 Å². The van der Waals surface area contributed by atoms with E-state index in [1.54, 1.807) is 0 Å². The molecule has 0 aromatic heterocycles. The zero-order valence-corrected chi connectivity index (χ0v) is 20.5. The Bertz CT molecular complexity index is 933. The highest BCUT2D eigenvalue weighted by Crippen LogP contribution is 2.17. The van der Waals surface area contributed by atoms with E-state index in [1.165, 1.54) is 72.8 Å². The standard InChI is InChI=1S/C33H41/c1-3-4-6-15-32-17-11-18-33(27-32)16-10-9-14-30-23-25-31(26-24-30)22-20-28(2)19-21-29-12-7-5-8-13-29/h5-8,11-13,15,17-18,23-28H,1,3-4,9-10,14,16,19-22H2,2H3/q+1. The molecule has 0 radical (unpaired) electrons. The van der Waals surface area contributed by atoms with Gasteiger partial charge in [0.05, 0.1) is 13.3 Å². The minimum atomic E-state index is 0.766. The van der Waals surface area contributed by atoms with E-state index >= 15 is 0 Å². The van der Waals surface area contributed by atoms with Crippen LogP contribution >= 0.6 is 0 Å². The van der Waals surface area contributed by atoms with E-state index in [1.807, 2.05) is 0 Å². The summed E-state index contributed by atoms with van der Waals surface area (Å²) >= 11 is 0. The third kappa shape index (κ3) is 9.74. The Morgan fingerprint density at radius 2 is 1.24 bits per heavy atom. The third-order valence-electron chi connectivity index (χ3n) is 6.53. The number of hydrogen-bond donors (Lipinski definition) is 0. The summed E-state index contributed by atoms with van der Waals surface area (Å²) < 4.78 is 0. The predicted molar refractivity (Wildman–Crippen MR) is 145 cm³/mol. The first-order chi connectivity index (χ1) is 16.2. The van der Waals surface area contributed by atoms with Crippen molar-refractivity contribution in [2.75, 3.05) is 0 Å². The Kier molecular flexibility index (Phi) is 10.9. The summed E-state index contributed by atoms with van der Waals surface area (Å²) in [6, 6.07) is 29.2. The molecule has 0 saturated heterocycles. The van der Waals surface area contributed by atoms with Crippen molar-refractivity contribution >= 4 is 6.08 Å². The number of aryl methyl sites for hydroxylation is 4. The van der Waals surface area contributed by atoms with Gasteiger partial charge in [-0.25, -0.2) is 0 Å². The van der Waals surface area contributed by atoms with E-state index in [2.05, 4.69) is 105 Å². The Labute approximate surface area is 202 Å². The lowest BCUT2D eigenvalue weighted by Gasteiger charge is -2.12. The average molecular weight is 438 g/mol. The van der Waals surface area contributed by atoms with Gasteiger partial charge in [-0.2, -0.15) is 0 Å². The Morgan fingerprint density at radius 1 is 0.667 bits per heavy atom. The molecule has 0 heteroatoms. The van der Waals surface area contributed by atoms with E-state index < -0.39 is 0 Å². The molecule has 0 heterocycles. The first-order valence-corrected chi connectivity index (χ1v) is 12.9. The lowest BCUT2D eigenvalue weighted by Crippen LogP contribution is -2.00. The van der Waals surface area contributed by atoms with E-state index in [0.717, 1.165) is 25.2 Å². The SMILES string of the molecule is [CH2+]CCC=Cc1cccc(CCCCc2ccc(CCC(C)CCc3ccccc3)cc2)c1. The van der Waals surface area contributed by atoms with Crippen LogP contribution in [0.1, 0.15) is 73.3 Å². The van der Waals surface area contributed by atoms with Crippen LogP contribution in [0.15, 0.2) is 84.9 Å². The molecule has 3 aromatic carbocycles. The maximum Gasteiger partial charge on any atom is 0.0885 e. The van der Waals surface area contributed by atoms with Crippen molar-refractivity contribution in [3.63, 3.8) is 0 Å². The second kappa shape index (κ2) is 14.4. The van der Waals surface area contributed by atoms with Gasteiger partial charge in [0.2, 0.25) is 0 Å². The molecule has 33 heavy (non-hydrogen) atoms. The number of rotatable bonds is 14. The number of unbranched alkanes of at least 4 members (excludes halogenated alkanes) is 2. The smallest absolute Gasteiger partial charge is 0.0797 e. The molecular formula is C33H41+. The summed E-state index contributed by atoms with van der Waals surface area (Å²) in [7, 11) is 0. The molecule has 0 amide bonds. The Morgan fingerprint density at radius 3 is 1.91 bits per heavy atom. The molecule has 3 rings (SSSR count). The minimum Gasteiger partial charge on any atom is -0.0797 e. The van der Waals surface area contributed by atoms with Crippen molar-refractivity contribution in [1.29, 1.82) is 0 Å². The van der Waals surface area contributed by atoms with Gasteiger partial charge in [0.1, 0.15) is 0 Å². The predicted octanol–water partition coefficient (Wildman–Crippen LogP) is 9.08. The molecule has 0 N–H and O–H groups in total. The Hall–Kier alpha value is -2.73. The molecule has 1 atom stereocenters. The molecule has 0 spiro atoms. The van der Waals surface area contributed by atoms with E-state index in [-0.39, 0.29) is 0 Å². The van der Waals surface area contributed by atoms with Crippen molar-refractivity contribution in [2.24, 2.45) is 5.92 Å². The number of allylic oxidation sites excluding steroid dienone is 1. The molecule has 0 aliphatic rings. The van der Waals surface area contributed by atoms with Crippen LogP contribution in [0.25, 0.3) is 6.08 Å². The van der Waals surface area contributed by atoms with Crippen LogP contribution in [0, 0.1) is 12.8 Å². The highest BCUT2D eigenvalue weighted by atomic mass is 14.1. The second-order valence-electron chi connectivity index (χ2n) is 9.48.